The zero-order valence-electron chi connectivity index (χ0n) is 15.5. The van der Waals surface area contributed by atoms with Gasteiger partial charge in [-0.1, -0.05) is 35.9 Å². The third-order valence-corrected chi connectivity index (χ3v) is 4.67. The predicted molar refractivity (Wildman–Crippen MR) is 113 cm³/mol. The lowest BCUT2D eigenvalue weighted by Gasteiger charge is -2.14. The lowest BCUT2D eigenvalue weighted by Crippen LogP contribution is -2.07. The van der Waals surface area contributed by atoms with Crippen molar-refractivity contribution in [3.05, 3.63) is 88.9 Å². The first-order valence-corrected chi connectivity index (χ1v) is 9.46. The van der Waals surface area contributed by atoms with Crippen molar-refractivity contribution in [1.82, 2.24) is 9.97 Å². The maximum absolute atomic E-state index is 12.8. The Morgan fingerprint density at radius 2 is 1.37 bits per heavy atom. The molecule has 3 aromatic carbocycles. The van der Waals surface area contributed by atoms with Gasteiger partial charge in [-0.3, -0.25) is 0 Å². The molecule has 0 aliphatic carbocycles. The van der Waals surface area contributed by atoms with Crippen LogP contribution in [0.4, 0.5) is 30.5 Å². The van der Waals surface area contributed by atoms with E-state index < -0.39 is 11.7 Å². The lowest BCUT2D eigenvalue weighted by atomic mass is 10.2. The van der Waals surface area contributed by atoms with E-state index in [0.717, 1.165) is 17.7 Å². The largest absolute Gasteiger partial charge is 0.416 e. The number of hydrogen-bond acceptors (Lipinski definition) is 4. The summed E-state index contributed by atoms with van der Waals surface area (Å²) in [4.78, 5) is 9.21. The Bertz CT molecular complexity index is 1160. The van der Waals surface area contributed by atoms with Crippen LogP contribution in [-0.2, 0) is 12.7 Å². The van der Waals surface area contributed by atoms with Gasteiger partial charge in [0, 0.05) is 17.3 Å². The van der Waals surface area contributed by atoms with Crippen LogP contribution in [0, 0.1) is 0 Å². The molecule has 0 fully saturated rings. The Hall–Kier alpha value is -3.32. The molecule has 1 heterocycles. The lowest BCUT2D eigenvalue weighted by molar-refractivity contribution is -0.137. The summed E-state index contributed by atoms with van der Waals surface area (Å²) in [6.45, 7) is 0.478. The van der Waals surface area contributed by atoms with Crippen molar-refractivity contribution >= 4 is 40.0 Å². The Kier molecular flexibility index (Phi) is 5.46. The maximum atomic E-state index is 12.8. The van der Waals surface area contributed by atoms with Gasteiger partial charge < -0.3 is 10.6 Å². The third kappa shape index (κ3) is 4.63. The first-order valence-electron chi connectivity index (χ1n) is 9.08. The summed E-state index contributed by atoms with van der Waals surface area (Å²) >= 11 is 5.93. The average molecular weight is 429 g/mol. The van der Waals surface area contributed by atoms with Crippen LogP contribution in [0.25, 0.3) is 11.0 Å². The van der Waals surface area contributed by atoms with Gasteiger partial charge in [-0.15, -0.1) is 0 Å². The van der Waals surface area contributed by atoms with Crippen molar-refractivity contribution in [2.75, 3.05) is 10.6 Å². The maximum Gasteiger partial charge on any atom is 0.416 e. The minimum Gasteiger partial charge on any atom is -0.363 e. The number of hydrogen-bond donors (Lipinski definition) is 2. The molecular weight excluding hydrogens is 413 g/mol. The number of halogens is 4. The molecule has 0 spiro atoms. The van der Waals surface area contributed by atoms with E-state index in [-0.39, 0.29) is 0 Å². The highest BCUT2D eigenvalue weighted by molar-refractivity contribution is 6.30. The minimum atomic E-state index is -4.38. The number of aromatic nitrogens is 2. The molecule has 30 heavy (non-hydrogen) atoms. The van der Waals surface area contributed by atoms with Gasteiger partial charge in [-0.05, 0) is 54.1 Å². The van der Waals surface area contributed by atoms with E-state index >= 15 is 0 Å². The van der Waals surface area contributed by atoms with Crippen molar-refractivity contribution in [3.8, 4) is 0 Å². The molecule has 4 aromatic rings. The summed E-state index contributed by atoms with van der Waals surface area (Å²) in [5.74, 6) is 0.908. The number of nitrogens with one attached hydrogen (secondary N) is 2. The molecular formula is C22H16ClF3N4. The summed E-state index contributed by atoms with van der Waals surface area (Å²) in [6, 6.07) is 19.5. The van der Waals surface area contributed by atoms with E-state index in [1.165, 1.54) is 12.1 Å². The monoisotopic (exact) mass is 428 g/mol. The van der Waals surface area contributed by atoms with Crippen LogP contribution < -0.4 is 10.6 Å². The molecule has 8 heteroatoms. The van der Waals surface area contributed by atoms with E-state index in [0.29, 0.717) is 39.9 Å². The van der Waals surface area contributed by atoms with Crippen LogP contribution >= 0.6 is 11.6 Å². The fraction of sp³-hybridized carbons (Fsp3) is 0.0909. The van der Waals surface area contributed by atoms with Gasteiger partial charge in [-0.2, -0.15) is 13.2 Å². The number of rotatable bonds is 5. The van der Waals surface area contributed by atoms with Crippen LogP contribution in [0.2, 0.25) is 5.02 Å². The molecule has 0 saturated heterocycles. The summed E-state index contributed by atoms with van der Waals surface area (Å²) in [7, 11) is 0. The van der Waals surface area contributed by atoms with Gasteiger partial charge in [0.2, 0.25) is 0 Å². The second kappa shape index (κ2) is 8.20. The van der Waals surface area contributed by atoms with Gasteiger partial charge in [0.05, 0.1) is 16.6 Å². The smallest absolute Gasteiger partial charge is 0.363 e. The fourth-order valence-electron chi connectivity index (χ4n) is 2.88. The van der Waals surface area contributed by atoms with Crippen LogP contribution in [-0.4, -0.2) is 9.97 Å². The van der Waals surface area contributed by atoms with Crippen LogP contribution in [0.15, 0.2) is 72.8 Å². The van der Waals surface area contributed by atoms with Crippen LogP contribution in [0.5, 0.6) is 0 Å². The average Bonchev–Trinajstić information content (AvgIpc) is 2.73. The summed E-state index contributed by atoms with van der Waals surface area (Å²) in [6.07, 6.45) is -4.38. The molecule has 4 nitrogen and oxygen atoms in total. The Balaban J connectivity index is 1.63. The molecule has 0 bridgehead atoms. The quantitative estimate of drug-likeness (QED) is 0.373. The van der Waals surface area contributed by atoms with Gasteiger partial charge in [0.15, 0.2) is 11.6 Å². The van der Waals surface area contributed by atoms with Gasteiger partial charge in [0.25, 0.3) is 0 Å². The van der Waals surface area contributed by atoms with Gasteiger partial charge in [-0.25, -0.2) is 9.97 Å². The standard InChI is InChI=1S/C22H16ClF3N4/c23-16-9-5-14(6-10-16)13-27-20-21(30-19-4-2-1-3-18(19)29-20)28-17-11-7-15(8-12-17)22(24,25)26/h1-12H,13H2,(H,27,29)(H,28,30). The SMILES string of the molecule is FC(F)(F)c1ccc(Nc2nc3ccccc3nc2NCc2ccc(Cl)cc2)cc1. The van der Waals surface area contributed by atoms with E-state index in [9.17, 15) is 13.2 Å². The predicted octanol–water partition coefficient (Wildman–Crippen LogP) is 6.66. The molecule has 0 aliphatic heterocycles. The van der Waals surface area contributed by atoms with Crippen LogP contribution in [0.3, 0.4) is 0 Å². The molecule has 0 saturated carbocycles. The Morgan fingerprint density at radius 3 is 1.97 bits per heavy atom. The number of nitrogens with zero attached hydrogens (tertiary/aromatic N) is 2. The Labute approximate surface area is 175 Å². The van der Waals surface area contributed by atoms with Crippen molar-refractivity contribution in [2.45, 2.75) is 12.7 Å². The van der Waals surface area contributed by atoms with Crippen molar-refractivity contribution in [3.63, 3.8) is 0 Å². The second-order valence-corrected chi connectivity index (χ2v) is 7.03. The molecule has 2 N–H and O–H groups in total. The molecule has 0 aliphatic rings. The number of fused-ring (bicyclic) bond motifs is 1. The molecule has 0 radical (unpaired) electrons. The van der Waals surface area contributed by atoms with Crippen molar-refractivity contribution in [1.29, 1.82) is 0 Å². The summed E-state index contributed by atoms with van der Waals surface area (Å²) in [5.41, 5.74) is 2.13. The number of alkyl halides is 3. The van der Waals surface area contributed by atoms with Crippen molar-refractivity contribution < 1.29 is 13.2 Å². The molecule has 0 atom stereocenters. The highest BCUT2D eigenvalue weighted by atomic mass is 35.5. The normalized spacial score (nSPS) is 11.5. The van der Waals surface area contributed by atoms with E-state index in [4.69, 9.17) is 11.6 Å². The number of para-hydroxylation sites is 2. The highest BCUT2D eigenvalue weighted by Gasteiger charge is 2.30. The second-order valence-electron chi connectivity index (χ2n) is 6.59. The number of anilines is 3. The van der Waals surface area contributed by atoms with E-state index in [1.807, 2.05) is 36.4 Å². The van der Waals surface area contributed by atoms with Gasteiger partial charge in [0.1, 0.15) is 0 Å². The van der Waals surface area contributed by atoms with Crippen LogP contribution in [0.1, 0.15) is 11.1 Å². The fourth-order valence-corrected chi connectivity index (χ4v) is 3.00. The molecule has 0 unspecified atom stereocenters. The molecule has 1 aromatic heterocycles. The molecule has 4 rings (SSSR count). The first-order chi connectivity index (χ1) is 14.4. The van der Waals surface area contributed by atoms with E-state index in [1.54, 1.807) is 12.1 Å². The topological polar surface area (TPSA) is 49.8 Å². The summed E-state index contributed by atoms with van der Waals surface area (Å²) < 4.78 is 38.4. The van der Waals surface area contributed by atoms with Crippen molar-refractivity contribution in [2.24, 2.45) is 0 Å². The highest BCUT2D eigenvalue weighted by Crippen LogP contribution is 2.31. The Morgan fingerprint density at radius 1 is 0.767 bits per heavy atom. The van der Waals surface area contributed by atoms with Gasteiger partial charge >= 0.3 is 6.18 Å². The third-order valence-electron chi connectivity index (χ3n) is 4.42. The number of benzene rings is 3. The molecule has 0 amide bonds. The summed E-state index contributed by atoms with van der Waals surface area (Å²) in [5, 5.41) is 6.95. The minimum absolute atomic E-state index is 0.419. The van der Waals surface area contributed by atoms with E-state index in [2.05, 4.69) is 20.6 Å². The first kappa shape index (κ1) is 20.0. The zero-order chi connectivity index (χ0) is 21.1. The molecule has 152 valence electrons. The zero-order valence-corrected chi connectivity index (χ0v) is 16.3.